The number of halogens is 5. The van der Waals surface area contributed by atoms with E-state index in [2.05, 4.69) is 5.32 Å². The van der Waals surface area contributed by atoms with Crippen LogP contribution in [0.15, 0.2) is 12.1 Å². The van der Waals surface area contributed by atoms with Gasteiger partial charge in [-0.15, -0.1) is 0 Å². The summed E-state index contributed by atoms with van der Waals surface area (Å²) in [6, 6.07) is 1.05. The maximum atomic E-state index is 14.3. The molecule has 1 atom stereocenters. The van der Waals surface area contributed by atoms with Crippen LogP contribution in [0.2, 0.25) is 0 Å². The fraction of sp³-hybridized carbons (Fsp3) is 0.600. The van der Waals surface area contributed by atoms with E-state index >= 15 is 0 Å². The van der Waals surface area contributed by atoms with Crippen molar-refractivity contribution < 1.29 is 26.7 Å². The topological polar surface area (TPSA) is 24.5 Å². The number of piperazine rings is 1. The Morgan fingerprint density at radius 2 is 1.74 bits per heavy atom. The van der Waals surface area contributed by atoms with Crippen LogP contribution in [0.4, 0.5) is 22.0 Å². The molecule has 1 aliphatic rings. The number of methoxy groups -OCH3 is 1. The molecular formula is C15H19F5N2O. The molecule has 1 aliphatic heterocycles. The maximum Gasteiger partial charge on any atom is 0.389 e. The lowest BCUT2D eigenvalue weighted by molar-refractivity contribution is -0.138. The van der Waals surface area contributed by atoms with E-state index in [-0.39, 0.29) is 17.7 Å². The van der Waals surface area contributed by atoms with Crippen molar-refractivity contribution in [2.45, 2.75) is 25.1 Å². The lowest BCUT2D eigenvalue weighted by Gasteiger charge is -2.35. The fourth-order valence-corrected chi connectivity index (χ4v) is 2.80. The average Bonchev–Trinajstić information content (AvgIpc) is 2.49. The Kier molecular flexibility index (Phi) is 5.80. The van der Waals surface area contributed by atoms with E-state index in [4.69, 9.17) is 4.74 Å². The number of hydrogen-bond acceptors (Lipinski definition) is 3. The second-order valence-electron chi connectivity index (χ2n) is 5.46. The number of rotatable bonds is 5. The molecule has 0 unspecified atom stereocenters. The fourth-order valence-electron chi connectivity index (χ4n) is 2.80. The first kappa shape index (κ1) is 17.9. The van der Waals surface area contributed by atoms with Crippen LogP contribution in [-0.4, -0.2) is 44.4 Å². The van der Waals surface area contributed by atoms with E-state index in [1.807, 2.05) is 0 Å². The minimum Gasteiger partial charge on any atom is -0.497 e. The molecule has 0 aliphatic carbocycles. The molecule has 3 nitrogen and oxygen atoms in total. The monoisotopic (exact) mass is 338 g/mol. The van der Waals surface area contributed by atoms with Crippen LogP contribution in [0.25, 0.3) is 0 Å². The van der Waals surface area contributed by atoms with Gasteiger partial charge < -0.3 is 10.1 Å². The average molecular weight is 338 g/mol. The zero-order valence-corrected chi connectivity index (χ0v) is 12.7. The molecule has 8 heteroatoms. The minimum atomic E-state index is -4.37. The second-order valence-corrected chi connectivity index (χ2v) is 5.46. The normalized spacial score (nSPS) is 18.0. The molecule has 0 spiro atoms. The Morgan fingerprint density at radius 1 is 1.17 bits per heavy atom. The quantitative estimate of drug-likeness (QED) is 0.834. The zero-order valence-electron chi connectivity index (χ0n) is 12.7. The molecule has 0 amide bonds. The highest BCUT2D eigenvalue weighted by Crippen LogP contribution is 2.35. The lowest BCUT2D eigenvalue weighted by Crippen LogP contribution is -2.45. The highest BCUT2D eigenvalue weighted by atomic mass is 19.4. The predicted molar refractivity (Wildman–Crippen MR) is 75.4 cm³/mol. The summed E-state index contributed by atoms with van der Waals surface area (Å²) in [5, 5.41) is 3.07. The van der Waals surface area contributed by atoms with Gasteiger partial charge in [-0.2, -0.15) is 13.2 Å². The smallest absolute Gasteiger partial charge is 0.389 e. The van der Waals surface area contributed by atoms with Gasteiger partial charge in [0.05, 0.1) is 7.11 Å². The number of hydrogen-bond donors (Lipinski definition) is 1. The number of nitrogens with one attached hydrogen (secondary N) is 1. The first-order valence-corrected chi connectivity index (χ1v) is 7.36. The summed E-state index contributed by atoms with van der Waals surface area (Å²) in [5.41, 5.74) is -0.322. The minimum absolute atomic E-state index is 0.00127. The first-order valence-electron chi connectivity index (χ1n) is 7.36. The molecular weight excluding hydrogens is 319 g/mol. The third-order valence-corrected chi connectivity index (χ3v) is 3.92. The Hall–Kier alpha value is -1.41. The second kappa shape index (κ2) is 7.44. The molecule has 1 saturated heterocycles. The van der Waals surface area contributed by atoms with E-state index in [0.29, 0.717) is 26.2 Å². The Bertz CT molecular complexity index is 506. The van der Waals surface area contributed by atoms with E-state index in [1.165, 1.54) is 7.11 Å². The molecule has 1 aromatic carbocycles. The van der Waals surface area contributed by atoms with Crippen LogP contribution < -0.4 is 10.1 Å². The van der Waals surface area contributed by atoms with Gasteiger partial charge >= 0.3 is 6.18 Å². The summed E-state index contributed by atoms with van der Waals surface area (Å²) in [6.45, 7) is 2.02. The molecule has 1 N–H and O–H groups in total. The Labute approximate surface area is 131 Å². The van der Waals surface area contributed by atoms with Crippen molar-refractivity contribution in [1.29, 1.82) is 0 Å². The molecule has 1 fully saturated rings. The highest BCUT2D eigenvalue weighted by Gasteiger charge is 2.33. The summed E-state index contributed by atoms with van der Waals surface area (Å²) in [4.78, 5) is 1.69. The van der Waals surface area contributed by atoms with Crippen molar-refractivity contribution in [3.63, 3.8) is 0 Å². The summed E-state index contributed by atoms with van der Waals surface area (Å²) >= 11 is 0. The van der Waals surface area contributed by atoms with Crippen LogP contribution in [0.3, 0.4) is 0 Å². The molecule has 130 valence electrons. The molecule has 1 aromatic rings. The summed E-state index contributed by atoms with van der Waals surface area (Å²) in [5.74, 6) is -1.77. The largest absolute Gasteiger partial charge is 0.497 e. The first-order chi connectivity index (χ1) is 10.8. The lowest BCUT2D eigenvalue weighted by atomic mass is 9.97. The third-order valence-electron chi connectivity index (χ3n) is 3.92. The Balaban J connectivity index is 2.32. The van der Waals surface area contributed by atoms with Crippen LogP contribution in [0, 0.1) is 11.6 Å². The summed E-state index contributed by atoms with van der Waals surface area (Å²) < 4.78 is 71.1. The van der Waals surface area contributed by atoms with E-state index in [1.54, 1.807) is 4.90 Å². The van der Waals surface area contributed by atoms with Gasteiger partial charge in [-0.3, -0.25) is 4.90 Å². The van der Waals surface area contributed by atoms with Gasteiger partial charge in [0.25, 0.3) is 0 Å². The highest BCUT2D eigenvalue weighted by molar-refractivity contribution is 5.32. The summed E-state index contributed by atoms with van der Waals surface area (Å²) in [6.07, 6.45) is -5.85. The predicted octanol–water partition coefficient (Wildman–Crippen LogP) is 3.26. The van der Waals surface area contributed by atoms with Crippen molar-refractivity contribution in [2.75, 3.05) is 33.3 Å². The van der Waals surface area contributed by atoms with Crippen LogP contribution in [0.1, 0.15) is 24.4 Å². The molecule has 1 heterocycles. The van der Waals surface area contributed by atoms with Gasteiger partial charge in [-0.05, 0) is 6.42 Å². The van der Waals surface area contributed by atoms with Gasteiger partial charge in [0.1, 0.15) is 17.4 Å². The molecule has 0 aromatic heterocycles. The number of ether oxygens (including phenoxy) is 1. The van der Waals surface area contributed by atoms with Crippen LogP contribution in [0.5, 0.6) is 5.75 Å². The van der Waals surface area contributed by atoms with Gasteiger partial charge in [0, 0.05) is 56.3 Å². The molecule has 0 radical (unpaired) electrons. The van der Waals surface area contributed by atoms with Crippen molar-refractivity contribution in [3.05, 3.63) is 29.3 Å². The van der Waals surface area contributed by atoms with E-state index < -0.39 is 30.3 Å². The zero-order chi connectivity index (χ0) is 17.0. The van der Waals surface area contributed by atoms with Gasteiger partial charge in [0.2, 0.25) is 0 Å². The maximum absolute atomic E-state index is 14.3. The number of nitrogens with zero attached hydrogens (tertiary/aromatic N) is 1. The van der Waals surface area contributed by atoms with Crippen LogP contribution >= 0.6 is 0 Å². The van der Waals surface area contributed by atoms with Crippen LogP contribution in [-0.2, 0) is 0 Å². The molecule has 2 rings (SSSR count). The van der Waals surface area contributed by atoms with Crippen molar-refractivity contribution in [1.82, 2.24) is 10.2 Å². The van der Waals surface area contributed by atoms with Gasteiger partial charge in [-0.25, -0.2) is 8.78 Å². The standard InChI is InChI=1S/C15H19F5N2O/c1-23-10-8-11(16)14(12(17)9-10)13(2-3-15(18,19)20)22-6-4-21-5-7-22/h8-9,13,21H,2-7H2,1H3/t13-/m0/s1. The van der Waals surface area contributed by atoms with Crippen molar-refractivity contribution in [3.8, 4) is 5.75 Å². The molecule has 0 bridgehead atoms. The van der Waals surface area contributed by atoms with Crippen molar-refractivity contribution >= 4 is 0 Å². The third kappa shape index (κ3) is 4.78. The van der Waals surface area contributed by atoms with E-state index in [9.17, 15) is 22.0 Å². The van der Waals surface area contributed by atoms with Gasteiger partial charge in [0.15, 0.2) is 0 Å². The molecule has 23 heavy (non-hydrogen) atoms. The Morgan fingerprint density at radius 3 is 2.22 bits per heavy atom. The van der Waals surface area contributed by atoms with Crippen molar-refractivity contribution in [2.24, 2.45) is 0 Å². The number of benzene rings is 1. The van der Waals surface area contributed by atoms with Gasteiger partial charge in [-0.1, -0.05) is 0 Å². The molecule has 0 saturated carbocycles. The summed E-state index contributed by atoms with van der Waals surface area (Å²) in [7, 11) is 1.27. The number of alkyl halides is 3. The van der Waals surface area contributed by atoms with E-state index in [0.717, 1.165) is 12.1 Å². The SMILES string of the molecule is COc1cc(F)c([C@H](CCC(F)(F)F)N2CCNCC2)c(F)c1.